The van der Waals surface area contributed by atoms with Gasteiger partial charge in [-0.3, -0.25) is 10.2 Å². The molecule has 0 bridgehead atoms. The monoisotopic (exact) mass is 401 g/mol. The Morgan fingerprint density at radius 2 is 1.66 bits per heavy atom. The Bertz CT molecular complexity index is 805. The third-order valence-corrected chi connectivity index (χ3v) is 4.87. The lowest BCUT2D eigenvalue weighted by atomic mass is 9.90. The Balaban J connectivity index is 1.75. The quantitative estimate of drug-likeness (QED) is 0.622. The molecule has 1 aliphatic rings. The molecule has 1 fully saturated rings. The van der Waals surface area contributed by atoms with E-state index in [2.05, 4.69) is 16.2 Å². The van der Waals surface area contributed by atoms with Crippen LogP contribution in [0.25, 0.3) is 0 Å². The minimum Gasteiger partial charge on any atom is -0.493 e. The normalized spacial score (nSPS) is 20.8. The van der Waals surface area contributed by atoms with Gasteiger partial charge in [0.25, 0.3) is 5.91 Å². The van der Waals surface area contributed by atoms with Crippen LogP contribution in [0.5, 0.6) is 23.0 Å². The zero-order valence-electron chi connectivity index (χ0n) is 17.0. The highest BCUT2D eigenvalue weighted by atomic mass is 16.5. The lowest BCUT2D eigenvalue weighted by Gasteiger charge is -2.24. The summed E-state index contributed by atoms with van der Waals surface area (Å²) in [6.45, 7) is 1.96. The summed E-state index contributed by atoms with van der Waals surface area (Å²) < 4.78 is 21.9. The minimum absolute atomic E-state index is 0.0538. The number of hydrogen-bond donors (Lipinski definition) is 3. The van der Waals surface area contributed by atoms with Gasteiger partial charge < -0.3 is 24.3 Å². The molecule has 3 atom stereocenters. The van der Waals surface area contributed by atoms with Gasteiger partial charge in [0.2, 0.25) is 5.75 Å². The van der Waals surface area contributed by atoms with Crippen molar-refractivity contribution in [3.8, 4) is 23.0 Å². The molecule has 3 rings (SSSR count). The average Bonchev–Trinajstić information content (AvgIpc) is 3.11. The van der Waals surface area contributed by atoms with Gasteiger partial charge in [0, 0.05) is 12.0 Å². The fourth-order valence-corrected chi connectivity index (χ4v) is 3.47. The number of methoxy groups -OCH3 is 3. The molecule has 1 amide bonds. The second kappa shape index (κ2) is 9.49. The molecule has 1 saturated heterocycles. The molecule has 0 saturated carbocycles. The number of para-hydroxylation sites is 1. The van der Waals surface area contributed by atoms with E-state index in [1.54, 1.807) is 21.3 Å². The molecule has 0 spiro atoms. The van der Waals surface area contributed by atoms with Crippen LogP contribution in [0, 0.1) is 0 Å². The summed E-state index contributed by atoms with van der Waals surface area (Å²) in [6.07, 6.45) is -0.334. The number of amides is 1. The van der Waals surface area contributed by atoms with Gasteiger partial charge in [-0.15, -0.1) is 0 Å². The van der Waals surface area contributed by atoms with Gasteiger partial charge in [-0.05, 0) is 36.8 Å². The molecule has 29 heavy (non-hydrogen) atoms. The van der Waals surface area contributed by atoms with E-state index < -0.39 is 0 Å². The number of rotatable bonds is 8. The van der Waals surface area contributed by atoms with Crippen LogP contribution in [0.15, 0.2) is 42.5 Å². The van der Waals surface area contributed by atoms with Gasteiger partial charge in [-0.2, -0.15) is 0 Å². The minimum atomic E-state index is -0.334. The van der Waals surface area contributed by atoms with Gasteiger partial charge >= 0.3 is 0 Å². The molecule has 3 N–H and O–H groups in total. The van der Waals surface area contributed by atoms with Crippen LogP contribution in [0.2, 0.25) is 0 Å². The van der Waals surface area contributed by atoms with Crippen LogP contribution >= 0.6 is 0 Å². The molecular formula is C21H27N3O5. The summed E-state index contributed by atoms with van der Waals surface area (Å²) in [5.74, 6) is 2.03. The highest BCUT2D eigenvalue weighted by molar-refractivity contribution is 5.78. The van der Waals surface area contributed by atoms with Gasteiger partial charge in [0.15, 0.2) is 18.1 Å². The van der Waals surface area contributed by atoms with E-state index in [4.69, 9.17) is 18.9 Å². The molecule has 1 heterocycles. The predicted molar refractivity (Wildman–Crippen MR) is 108 cm³/mol. The Hall–Kier alpha value is -2.97. The van der Waals surface area contributed by atoms with Gasteiger partial charge in [0.1, 0.15) is 11.9 Å². The lowest BCUT2D eigenvalue weighted by Crippen LogP contribution is -2.47. The maximum Gasteiger partial charge on any atom is 0.259 e. The third kappa shape index (κ3) is 4.72. The van der Waals surface area contributed by atoms with E-state index in [9.17, 15) is 4.79 Å². The number of ether oxygens (including phenoxy) is 4. The van der Waals surface area contributed by atoms with Crippen molar-refractivity contribution in [2.45, 2.75) is 25.0 Å². The highest BCUT2D eigenvalue weighted by Gasteiger charge is 2.36. The second-order valence-electron chi connectivity index (χ2n) is 6.71. The van der Waals surface area contributed by atoms with Crippen LogP contribution in [0.3, 0.4) is 0 Å². The molecule has 3 unspecified atom stereocenters. The van der Waals surface area contributed by atoms with Crippen molar-refractivity contribution in [3.05, 3.63) is 48.0 Å². The summed E-state index contributed by atoms with van der Waals surface area (Å²) in [4.78, 5) is 12.4. The van der Waals surface area contributed by atoms with Gasteiger partial charge in [0.05, 0.1) is 21.3 Å². The predicted octanol–water partition coefficient (Wildman–Crippen LogP) is 1.81. The summed E-state index contributed by atoms with van der Waals surface area (Å²) in [7, 11) is 4.72. The van der Waals surface area contributed by atoms with Crippen LogP contribution in [0.1, 0.15) is 18.4 Å². The van der Waals surface area contributed by atoms with E-state index in [0.29, 0.717) is 23.0 Å². The van der Waals surface area contributed by atoms with E-state index in [1.165, 1.54) is 0 Å². The molecular weight excluding hydrogens is 374 g/mol. The Morgan fingerprint density at radius 3 is 2.24 bits per heavy atom. The first-order valence-corrected chi connectivity index (χ1v) is 9.35. The first-order valence-electron chi connectivity index (χ1n) is 9.35. The Kier molecular flexibility index (Phi) is 6.79. The molecule has 2 aromatic rings. The lowest BCUT2D eigenvalue weighted by molar-refractivity contribution is -0.124. The Labute approximate surface area is 170 Å². The molecule has 8 heteroatoms. The van der Waals surface area contributed by atoms with Crippen LogP contribution in [0.4, 0.5) is 0 Å². The van der Waals surface area contributed by atoms with Crippen molar-refractivity contribution >= 4 is 5.91 Å². The van der Waals surface area contributed by atoms with Crippen molar-refractivity contribution in [3.63, 3.8) is 0 Å². The largest absolute Gasteiger partial charge is 0.493 e. The fraction of sp³-hybridized carbons (Fsp3) is 0.381. The van der Waals surface area contributed by atoms with E-state index in [1.807, 2.05) is 49.4 Å². The number of hydrogen-bond acceptors (Lipinski definition) is 7. The number of carbonyl (C=O) groups is 1. The van der Waals surface area contributed by atoms with Crippen molar-refractivity contribution in [1.82, 2.24) is 16.2 Å². The topological polar surface area (TPSA) is 90.1 Å². The number of nitrogens with one attached hydrogen (secondary N) is 3. The summed E-state index contributed by atoms with van der Waals surface area (Å²) in [5.41, 5.74) is 7.26. The van der Waals surface area contributed by atoms with Crippen LogP contribution in [-0.2, 0) is 4.79 Å². The summed E-state index contributed by atoms with van der Waals surface area (Å²) in [6, 6.07) is 13.1. The van der Waals surface area contributed by atoms with E-state index in [-0.39, 0.29) is 30.6 Å². The number of hydrazine groups is 1. The first kappa shape index (κ1) is 20.8. The molecule has 0 aromatic heterocycles. The zero-order valence-corrected chi connectivity index (χ0v) is 17.0. The first-order chi connectivity index (χ1) is 14.1. The van der Waals surface area contributed by atoms with Crippen molar-refractivity contribution in [2.24, 2.45) is 0 Å². The molecule has 0 aliphatic carbocycles. The van der Waals surface area contributed by atoms with Crippen molar-refractivity contribution < 1.29 is 23.7 Å². The smallest absolute Gasteiger partial charge is 0.259 e. The maximum atomic E-state index is 12.4. The van der Waals surface area contributed by atoms with Crippen LogP contribution in [-0.4, -0.2) is 46.1 Å². The summed E-state index contributed by atoms with van der Waals surface area (Å²) in [5, 5.41) is 2.98. The molecule has 8 nitrogen and oxygen atoms in total. The van der Waals surface area contributed by atoms with E-state index >= 15 is 0 Å². The second-order valence-corrected chi connectivity index (χ2v) is 6.71. The average molecular weight is 401 g/mol. The van der Waals surface area contributed by atoms with Crippen LogP contribution < -0.4 is 35.1 Å². The molecule has 2 aromatic carbocycles. The molecule has 1 aliphatic heterocycles. The van der Waals surface area contributed by atoms with Crippen molar-refractivity contribution in [1.29, 1.82) is 0 Å². The van der Waals surface area contributed by atoms with Crippen molar-refractivity contribution in [2.75, 3.05) is 27.9 Å². The molecule has 156 valence electrons. The van der Waals surface area contributed by atoms with E-state index in [0.717, 1.165) is 5.56 Å². The van der Waals surface area contributed by atoms with Gasteiger partial charge in [-0.25, -0.2) is 5.43 Å². The molecule has 0 radical (unpaired) electrons. The zero-order chi connectivity index (χ0) is 20.8. The summed E-state index contributed by atoms with van der Waals surface area (Å²) >= 11 is 0. The highest BCUT2D eigenvalue weighted by Crippen LogP contribution is 2.41. The SMILES string of the molecule is COc1cc(C2C(C)NNC2NC(=O)COc2ccccc2)cc(OC)c1OC. The number of carbonyl (C=O) groups excluding carboxylic acids is 1. The number of benzene rings is 2. The van der Waals surface area contributed by atoms with Gasteiger partial charge in [-0.1, -0.05) is 18.2 Å². The third-order valence-electron chi connectivity index (χ3n) is 4.87. The fourth-order valence-electron chi connectivity index (χ4n) is 3.47. The Morgan fingerprint density at radius 1 is 1.00 bits per heavy atom. The maximum absolute atomic E-state index is 12.4. The standard InChI is InChI=1S/C21H27N3O5/c1-13-19(14-10-16(26-2)20(28-4)17(11-14)27-3)21(24-23-13)22-18(25)12-29-15-8-6-5-7-9-15/h5-11,13,19,21,23-24H,12H2,1-4H3,(H,22,25).